The van der Waals surface area contributed by atoms with Crippen molar-refractivity contribution in [2.45, 2.75) is 6.61 Å². The zero-order valence-corrected chi connectivity index (χ0v) is 8.43. The molecule has 3 heterocycles. The molecule has 0 atom stereocenters. The highest BCUT2D eigenvalue weighted by atomic mass is 16.5. The smallest absolute Gasteiger partial charge is 0.215 e. The highest BCUT2D eigenvalue weighted by Crippen LogP contribution is 2.26. The van der Waals surface area contributed by atoms with Gasteiger partial charge in [0, 0.05) is 12.1 Å². The zero-order valence-electron chi connectivity index (χ0n) is 8.43. The maximum absolute atomic E-state index is 5.47. The van der Waals surface area contributed by atoms with Gasteiger partial charge in [-0.25, -0.2) is 0 Å². The number of hydrogen-bond donors (Lipinski definition) is 2. The van der Waals surface area contributed by atoms with Crippen LogP contribution in [0.5, 0.6) is 5.88 Å². The molecule has 0 amide bonds. The monoisotopic (exact) mass is 218 g/mol. The van der Waals surface area contributed by atoms with Crippen LogP contribution in [0.4, 0.5) is 11.5 Å². The molecule has 16 heavy (non-hydrogen) atoms. The average molecular weight is 218 g/mol. The molecule has 82 valence electrons. The maximum atomic E-state index is 5.47. The highest BCUT2D eigenvalue weighted by molar-refractivity contribution is 5.69. The summed E-state index contributed by atoms with van der Waals surface area (Å²) >= 11 is 0. The van der Waals surface area contributed by atoms with E-state index in [1.807, 2.05) is 12.1 Å². The lowest BCUT2D eigenvalue weighted by Gasteiger charge is -2.04. The van der Waals surface area contributed by atoms with Crippen LogP contribution in [0.3, 0.4) is 0 Å². The Hall–Kier alpha value is -2.24. The lowest BCUT2D eigenvalue weighted by atomic mass is 10.4. The minimum absolute atomic E-state index is 0.357. The van der Waals surface area contributed by atoms with Crippen molar-refractivity contribution in [2.24, 2.45) is 0 Å². The molecule has 0 bridgehead atoms. The standard InChI is InChI=1S/C10H10N4O2/c1-2-9(13-10-8(1)11-6-12-10)15-5-7-3-4-16-14-7/h1-4,11H,5-6H2,(H,12,13). The van der Waals surface area contributed by atoms with E-state index in [9.17, 15) is 0 Å². The topological polar surface area (TPSA) is 72.2 Å². The van der Waals surface area contributed by atoms with Crippen molar-refractivity contribution >= 4 is 11.5 Å². The molecule has 0 spiro atoms. The fraction of sp³-hybridized carbons (Fsp3) is 0.200. The Morgan fingerprint density at radius 2 is 2.31 bits per heavy atom. The molecular formula is C10H10N4O2. The van der Waals surface area contributed by atoms with E-state index in [-0.39, 0.29) is 0 Å². The third-order valence-electron chi connectivity index (χ3n) is 2.26. The van der Waals surface area contributed by atoms with E-state index in [4.69, 9.17) is 9.26 Å². The first-order valence-electron chi connectivity index (χ1n) is 4.93. The molecule has 0 unspecified atom stereocenters. The van der Waals surface area contributed by atoms with E-state index in [1.54, 1.807) is 6.07 Å². The number of aromatic nitrogens is 2. The second-order valence-electron chi connectivity index (χ2n) is 3.36. The summed E-state index contributed by atoms with van der Waals surface area (Å²) in [5, 5.41) is 9.99. The lowest BCUT2D eigenvalue weighted by molar-refractivity contribution is 0.279. The first-order chi connectivity index (χ1) is 7.92. The zero-order chi connectivity index (χ0) is 10.8. The molecule has 2 N–H and O–H groups in total. The summed E-state index contributed by atoms with van der Waals surface area (Å²) in [4.78, 5) is 4.30. The van der Waals surface area contributed by atoms with E-state index in [1.165, 1.54) is 6.26 Å². The van der Waals surface area contributed by atoms with Crippen LogP contribution in [0.1, 0.15) is 5.69 Å². The number of anilines is 2. The molecule has 1 aliphatic rings. The molecule has 2 aromatic rings. The Balaban J connectivity index is 1.71. The normalized spacial score (nSPS) is 12.8. The lowest BCUT2D eigenvalue weighted by Crippen LogP contribution is -2.00. The fourth-order valence-electron chi connectivity index (χ4n) is 1.48. The molecule has 6 nitrogen and oxygen atoms in total. The second-order valence-corrected chi connectivity index (χ2v) is 3.36. The quantitative estimate of drug-likeness (QED) is 0.812. The third-order valence-corrected chi connectivity index (χ3v) is 2.26. The first kappa shape index (κ1) is 9.02. The van der Waals surface area contributed by atoms with E-state index in [0.717, 1.165) is 17.2 Å². The molecule has 0 aromatic carbocycles. The summed E-state index contributed by atoms with van der Waals surface area (Å²) in [6.07, 6.45) is 1.51. The molecule has 0 saturated heterocycles. The molecule has 0 radical (unpaired) electrons. The van der Waals surface area contributed by atoms with Crippen LogP contribution in [0.15, 0.2) is 29.0 Å². The van der Waals surface area contributed by atoms with Crippen LogP contribution >= 0.6 is 0 Å². The van der Waals surface area contributed by atoms with Gasteiger partial charge in [-0.1, -0.05) is 5.16 Å². The van der Waals surface area contributed by atoms with Crippen molar-refractivity contribution < 1.29 is 9.26 Å². The molecule has 2 aromatic heterocycles. The van der Waals surface area contributed by atoms with Gasteiger partial charge in [-0.05, 0) is 6.07 Å². The Kier molecular flexibility index (Phi) is 2.10. The number of hydrogen-bond acceptors (Lipinski definition) is 6. The van der Waals surface area contributed by atoms with Crippen LogP contribution in [0.25, 0.3) is 0 Å². The van der Waals surface area contributed by atoms with Crippen molar-refractivity contribution in [1.29, 1.82) is 0 Å². The number of rotatable bonds is 3. The minimum atomic E-state index is 0.357. The highest BCUT2D eigenvalue weighted by Gasteiger charge is 2.11. The average Bonchev–Trinajstić information content (AvgIpc) is 2.97. The fourth-order valence-corrected chi connectivity index (χ4v) is 1.48. The molecular weight excluding hydrogens is 208 g/mol. The van der Waals surface area contributed by atoms with Gasteiger partial charge < -0.3 is 19.9 Å². The largest absolute Gasteiger partial charge is 0.471 e. The number of nitrogens with zero attached hydrogens (tertiary/aromatic N) is 2. The van der Waals surface area contributed by atoms with Crippen LogP contribution in [-0.4, -0.2) is 16.8 Å². The molecule has 0 fully saturated rings. The van der Waals surface area contributed by atoms with Gasteiger partial charge in [0.1, 0.15) is 18.6 Å². The SMILES string of the molecule is c1cc(COc2ccc3c(n2)NCN3)no1. The Labute approximate surface area is 91.6 Å². The Morgan fingerprint density at radius 1 is 1.31 bits per heavy atom. The van der Waals surface area contributed by atoms with Crippen molar-refractivity contribution in [3.63, 3.8) is 0 Å². The van der Waals surface area contributed by atoms with Crippen molar-refractivity contribution in [1.82, 2.24) is 10.1 Å². The van der Waals surface area contributed by atoms with Crippen molar-refractivity contribution in [3.8, 4) is 5.88 Å². The van der Waals surface area contributed by atoms with Crippen LogP contribution in [0.2, 0.25) is 0 Å². The number of fused-ring (bicyclic) bond motifs is 1. The molecule has 0 aliphatic carbocycles. The van der Waals surface area contributed by atoms with Gasteiger partial charge in [-0.3, -0.25) is 0 Å². The van der Waals surface area contributed by atoms with Crippen molar-refractivity contribution in [3.05, 3.63) is 30.2 Å². The van der Waals surface area contributed by atoms with Gasteiger partial charge in [0.25, 0.3) is 0 Å². The van der Waals surface area contributed by atoms with Crippen LogP contribution in [0, 0.1) is 0 Å². The molecule has 6 heteroatoms. The predicted molar refractivity (Wildman–Crippen MR) is 57.2 cm³/mol. The van der Waals surface area contributed by atoms with E-state index in [0.29, 0.717) is 19.2 Å². The van der Waals surface area contributed by atoms with E-state index in [2.05, 4.69) is 20.8 Å². The summed E-state index contributed by atoms with van der Waals surface area (Å²) in [6, 6.07) is 5.51. The summed E-state index contributed by atoms with van der Waals surface area (Å²) in [7, 11) is 0. The number of ether oxygens (including phenoxy) is 1. The van der Waals surface area contributed by atoms with Crippen LogP contribution in [-0.2, 0) is 6.61 Å². The van der Waals surface area contributed by atoms with Gasteiger partial charge in [0.2, 0.25) is 5.88 Å². The summed E-state index contributed by atoms with van der Waals surface area (Å²) in [5.41, 5.74) is 1.74. The first-order valence-corrected chi connectivity index (χ1v) is 4.93. The van der Waals surface area contributed by atoms with Crippen LogP contribution < -0.4 is 15.4 Å². The molecule has 0 saturated carbocycles. The summed E-state index contributed by atoms with van der Waals surface area (Å²) < 4.78 is 10.2. The van der Waals surface area contributed by atoms with Gasteiger partial charge in [0.05, 0.1) is 12.4 Å². The maximum Gasteiger partial charge on any atom is 0.215 e. The van der Waals surface area contributed by atoms with E-state index >= 15 is 0 Å². The number of nitrogens with one attached hydrogen (secondary N) is 2. The van der Waals surface area contributed by atoms with Gasteiger partial charge >= 0.3 is 0 Å². The Morgan fingerprint density at radius 3 is 3.19 bits per heavy atom. The van der Waals surface area contributed by atoms with Gasteiger partial charge in [-0.2, -0.15) is 4.98 Å². The Bertz CT molecular complexity index is 484. The molecule has 1 aliphatic heterocycles. The molecule has 3 rings (SSSR count). The van der Waals surface area contributed by atoms with Gasteiger partial charge in [0.15, 0.2) is 5.82 Å². The second kappa shape index (κ2) is 3.73. The van der Waals surface area contributed by atoms with Crippen molar-refractivity contribution in [2.75, 3.05) is 17.3 Å². The summed E-state index contributed by atoms with van der Waals surface area (Å²) in [5.74, 6) is 1.38. The number of pyridine rings is 1. The predicted octanol–water partition coefficient (Wildman–Crippen LogP) is 1.44. The third kappa shape index (κ3) is 1.65. The summed E-state index contributed by atoms with van der Waals surface area (Å²) in [6.45, 7) is 1.06. The van der Waals surface area contributed by atoms with Gasteiger partial charge in [-0.15, -0.1) is 0 Å². The van der Waals surface area contributed by atoms with E-state index < -0.39 is 0 Å². The minimum Gasteiger partial charge on any atom is -0.471 e.